The van der Waals surface area contributed by atoms with Crippen molar-refractivity contribution in [2.75, 3.05) is 0 Å². The van der Waals surface area contributed by atoms with Crippen LogP contribution < -0.4 is 5.32 Å². The average molecular weight is 483 g/mol. The van der Waals surface area contributed by atoms with Gasteiger partial charge in [-0.1, -0.05) is 18.2 Å². The summed E-state index contributed by atoms with van der Waals surface area (Å²) in [5, 5.41) is 11.6. The standard InChI is InChI=1S/C26H19F2N7O/c27-16-13-18(23-21(14-16)30-9-10-31-23)26(36)32-17-11-15(12-17)24-33-34-25(20-6-3-4-8-29-20)35(24)22-7-2-1-5-19(22)28/h1-10,13-15,17H,11-12H2,(H,32,36). The molecular formula is C26H19F2N7O. The van der Waals surface area contributed by atoms with Gasteiger partial charge in [0.1, 0.15) is 28.7 Å². The fraction of sp³-hybridized carbons (Fsp3) is 0.154. The third-order valence-corrected chi connectivity index (χ3v) is 6.30. The molecular weight excluding hydrogens is 464 g/mol. The number of nitrogens with one attached hydrogen (secondary N) is 1. The number of carbonyl (C=O) groups is 1. The number of pyridine rings is 1. The van der Waals surface area contributed by atoms with Crippen LogP contribution in [0.5, 0.6) is 0 Å². The summed E-state index contributed by atoms with van der Waals surface area (Å²) in [6, 6.07) is 14.1. The van der Waals surface area contributed by atoms with Crippen LogP contribution in [0.1, 0.15) is 34.9 Å². The van der Waals surface area contributed by atoms with Gasteiger partial charge in [0.2, 0.25) is 0 Å². The lowest BCUT2D eigenvalue weighted by molar-refractivity contribution is 0.0908. The lowest BCUT2D eigenvalue weighted by atomic mass is 9.79. The molecule has 8 nitrogen and oxygen atoms in total. The lowest BCUT2D eigenvalue weighted by Crippen LogP contribution is -2.44. The van der Waals surface area contributed by atoms with E-state index < -0.39 is 17.5 Å². The molecule has 5 aromatic rings. The SMILES string of the molecule is O=C(NC1CC(c2nnc(-c3ccccn3)n2-c2ccccc2F)C1)c1cc(F)cc2nccnc12. The van der Waals surface area contributed by atoms with E-state index in [2.05, 4.69) is 30.5 Å². The Morgan fingerprint density at radius 1 is 0.917 bits per heavy atom. The molecule has 1 fully saturated rings. The highest BCUT2D eigenvalue weighted by Gasteiger charge is 2.37. The molecule has 0 aliphatic heterocycles. The molecule has 0 unspecified atom stereocenters. The second-order valence-electron chi connectivity index (χ2n) is 8.60. The Morgan fingerprint density at radius 2 is 1.72 bits per heavy atom. The van der Waals surface area contributed by atoms with E-state index in [9.17, 15) is 13.6 Å². The largest absolute Gasteiger partial charge is 0.349 e. The smallest absolute Gasteiger partial charge is 0.253 e. The van der Waals surface area contributed by atoms with Gasteiger partial charge in [0, 0.05) is 36.6 Å². The van der Waals surface area contributed by atoms with E-state index in [4.69, 9.17) is 0 Å². The number of fused-ring (bicyclic) bond motifs is 1. The second kappa shape index (κ2) is 8.88. The Morgan fingerprint density at radius 3 is 2.53 bits per heavy atom. The van der Waals surface area contributed by atoms with Crippen molar-refractivity contribution in [3.05, 3.63) is 96.2 Å². The molecule has 0 saturated heterocycles. The molecule has 0 bridgehead atoms. The first kappa shape index (κ1) is 21.9. The van der Waals surface area contributed by atoms with Crippen molar-refractivity contribution in [1.29, 1.82) is 0 Å². The van der Waals surface area contributed by atoms with Gasteiger partial charge >= 0.3 is 0 Å². The van der Waals surface area contributed by atoms with Crippen molar-refractivity contribution in [3.8, 4) is 17.2 Å². The first-order valence-corrected chi connectivity index (χ1v) is 11.4. The van der Waals surface area contributed by atoms with Crippen molar-refractivity contribution in [2.45, 2.75) is 24.8 Å². The van der Waals surface area contributed by atoms with Crippen molar-refractivity contribution in [1.82, 2.24) is 35.0 Å². The number of benzene rings is 2. The van der Waals surface area contributed by atoms with E-state index in [1.54, 1.807) is 41.1 Å². The molecule has 178 valence electrons. The predicted octanol–water partition coefficient (Wildman–Crippen LogP) is 4.23. The minimum absolute atomic E-state index is 0.0658. The van der Waals surface area contributed by atoms with Crippen molar-refractivity contribution >= 4 is 16.9 Å². The van der Waals surface area contributed by atoms with E-state index in [0.29, 0.717) is 46.9 Å². The number of para-hydroxylation sites is 1. The van der Waals surface area contributed by atoms with E-state index in [1.807, 2.05) is 6.07 Å². The zero-order valence-electron chi connectivity index (χ0n) is 18.8. The summed E-state index contributed by atoms with van der Waals surface area (Å²) in [6.45, 7) is 0. The first-order valence-electron chi connectivity index (χ1n) is 11.4. The summed E-state index contributed by atoms with van der Waals surface area (Å²) in [7, 11) is 0. The maximum Gasteiger partial charge on any atom is 0.253 e. The minimum Gasteiger partial charge on any atom is -0.349 e. The second-order valence-corrected chi connectivity index (χ2v) is 8.60. The van der Waals surface area contributed by atoms with Crippen molar-refractivity contribution < 1.29 is 13.6 Å². The van der Waals surface area contributed by atoms with E-state index >= 15 is 0 Å². The fourth-order valence-corrected chi connectivity index (χ4v) is 4.52. The van der Waals surface area contributed by atoms with Gasteiger partial charge in [0.05, 0.1) is 16.8 Å². The van der Waals surface area contributed by atoms with E-state index in [-0.39, 0.29) is 17.5 Å². The van der Waals surface area contributed by atoms with Crippen LogP contribution in [-0.2, 0) is 0 Å². The molecule has 1 aliphatic rings. The number of amides is 1. The molecule has 0 radical (unpaired) electrons. The van der Waals surface area contributed by atoms with Crippen LogP contribution in [0.25, 0.3) is 28.2 Å². The summed E-state index contributed by atoms with van der Waals surface area (Å²) in [4.78, 5) is 25.6. The van der Waals surface area contributed by atoms with Crippen LogP contribution in [0.15, 0.2) is 73.2 Å². The molecule has 2 aromatic carbocycles. The number of halogens is 2. The molecule has 3 heterocycles. The normalized spacial score (nSPS) is 17.1. The molecule has 1 aliphatic carbocycles. The summed E-state index contributed by atoms with van der Waals surface area (Å²) in [5.41, 5.74) is 1.69. The zero-order valence-corrected chi connectivity index (χ0v) is 18.8. The first-order chi connectivity index (χ1) is 17.6. The van der Waals surface area contributed by atoms with Crippen LogP contribution in [0.4, 0.5) is 8.78 Å². The van der Waals surface area contributed by atoms with Crippen LogP contribution in [0.3, 0.4) is 0 Å². The number of aromatic nitrogens is 6. The maximum atomic E-state index is 14.8. The van der Waals surface area contributed by atoms with E-state index in [1.165, 1.54) is 24.5 Å². The van der Waals surface area contributed by atoms with Gasteiger partial charge < -0.3 is 5.32 Å². The Labute approximate surface area is 204 Å². The van der Waals surface area contributed by atoms with Gasteiger partial charge in [-0.2, -0.15) is 0 Å². The number of nitrogens with zero attached hydrogens (tertiary/aromatic N) is 6. The van der Waals surface area contributed by atoms with Gasteiger partial charge in [0.25, 0.3) is 5.91 Å². The zero-order chi connectivity index (χ0) is 24.6. The molecule has 10 heteroatoms. The third-order valence-electron chi connectivity index (χ3n) is 6.30. The highest BCUT2D eigenvalue weighted by molar-refractivity contribution is 6.04. The lowest BCUT2D eigenvalue weighted by Gasteiger charge is -2.35. The fourth-order valence-electron chi connectivity index (χ4n) is 4.52. The maximum absolute atomic E-state index is 14.8. The molecule has 1 N–H and O–H groups in total. The summed E-state index contributed by atoms with van der Waals surface area (Å²) in [5.74, 6) is -0.419. The van der Waals surface area contributed by atoms with Crippen molar-refractivity contribution in [3.63, 3.8) is 0 Å². The van der Waals surface area contributed by atoms with Crippen LogP contribution in [0.2, 0.25) is 0 Å². The molecule has 1 saturated carbocycles. The molecule has 6 rings (SSSR count). The third kappa shape index (κ3) is 3.86. The molecule has 36 heavy (non-hydrogen) atoms. The van der Waals surface area contributed by atoms with Gasteiger partial charge in [-0.15, -0.1) is 10.2 Å². The Kier molecular flexibility index (Phi) is 5.40. The monoisotopic (exact) mass is 483 g/mol. The van der Waals surface area contributed by atoms with Crippen LogP contribution in [-0.4, -0.2) is 41.7 Å². The average Bonchev–Trinajstić information content (AvgIpc) is 3.30. The summed E-state index contributed by atoms with van der Waals surface area (Å²) < 4.78 is 30.6. The number of hydrogen-bond acceptors (Lipinski definition) is 6. The van der Waals surface area contributed by atoms with E-state index in [0.717, 1.165) is 6.07 Å². The van der Waals surface area contributed by atoms with Gasteiger partial charge in [-0.05, 0) is 43.2 Å². The van der Waals surface area contributed by atoms with Crippen LogP contribution >= 0.6 is 0 Å². The summed E-state index contributed by atoms with van der Waals surface area (Å²) >= 11 is 0. The number of rotatable bonds is 5. The highest BCUT2D eigenvalue weighted by Crippen LogP contribution is 2.39. The van der Waals surface area contributed by atoms with Crippen molar-refractivity contribution in [2.24, 2.45) is 0 Å². The highest BCUT2D eigenvalue weighted by atomic mass is 19.1. The molecule has 0 atom stereocenters. The van der Waals surface area contributed by atoms with Crippen LogP contribution in [0, 0.1) is 11.6 Å². The minimum atomic E-state index is -0.556. The molecule has 3 aromatic heterocycles. The predicted molar refractivity (Wildman–Crippen MR) is 127 cm³/mol. The molecule has 0 spiro atoms. The molecule has 1 amide bonds. The topological polar surface area (TPSA) is 98.5 Å². The Bertz CT molecular complexity index is 1580. The Hall–Kier alpha value is -4.60. The number of hydrogen-bond donors (Lipinski definition) is 1. The Balaban J connectivity index is 1.26. The van der Waals surface area contributed by atoms with Gasteiger partial charge in [-0.25, -0.2) is 8.78 Å². The summed E-state index contributed by atoms with van der Waals surface area (Å²) in [6.07, 6.45) is 5.69. The quantitative estimate of drug-likeness (QED) is 0.402. The van der Waals surface area contributed by atoms with Gasteiger partial charge in [0.15, 0.2) is 5.82 Å². The van der Waals surface area contributed by atoms with Gasteiger partial charge in [-0.3, -0.25) is 24.3 Å². The number of carbonyl (C=O) groups excluding carboxylic acids is 1.